The van der Waals surface area contributed by atoms with Crippen molar-refractivity contribution in [1.82, 2.24) is 10.2 Å². The van der Waals surface area contributed by atoms with Crippen LogP contribution in [0.1, 0.15) is 18.4 Å². The molecule has 0 aliphatic heterocycles. The molecule has 2 N–H and O–H groups in total. The van der Waals surface area contributed by atoms with E-state index in [-0.39, 0.29) is 31.0 Å². The average Bonchev–Trinajstić information content (AvgIpc) is 3.21. The van der Waals surface area contributed by atoms with Crippen LogP contribution in [0, 0.1) is 5.82 Å². The first-order valence-electron chi connectivity index (χ1n) is 6.21. The van der Waals surface area contributed by atoms with E-state index < -0.39 is 0 Å². The van der Waals surface area contributed by atoms with Crippen LogP contribution in [-0.4, -0.2) is 35.2 Å². The molecular formula is C13H16BrFN2O2. The molecule has 1 aliphatic carbocycles. The second-order valence-electron chi connectivity index (χ2n) is 4.54. The van der Waals surface area contributed by atoms with Crippen LogP contribution in [0.15, 0.2) is 22.7 Å². The van der Waals surface area contributed by atoms with Gasteiger partial charge < -0.3 is 15.3 Å². The number of halogens is 2. The zero-order chi connectivity index (χ0) is 13.8. The fourth-order valence-electron chi connectivity index (χ4n) is 1.90. The van der Waals surface area contributed by atoms with Crippen LogP contribution in [0.25, 0.3) is 0 Å². The standard InChI is InChI=1S/C13H16BrFN2O2/c14-10-1-4-12(15)9(7-10)8-16-13(19)17(5-6-18)11-2-3-11/h1,4,7,11,18H,2-3,5-6,8H2,(H,16,19). The zero-order valence-corrected chi connectivity index (χ0v) is 12.0. The van der Waals surface area contributed by atoms with Gasteiger partial charge in [-0.1, -0.05) is 15.9 Å². The van der Waals surface area contributed by atoms with Gasteiger partial charge in [-0.15, -0.1) is 0 Å². The lowest BCUT2D eigenvalue weighted by Gasteiger charge is -2.21. The number of hydrogen-bond donors (Lipinski definition) is 2. The first-order valence-corrected chi connectivity index (χ1v) is 7.00. The van der Waals surface area contributed by atoms with E-state index >= 15 is 0 Å². The molecular weight excluding hydrogens is 315 g/mol. The predicted octanol–water partition coefficient (Wildman–Crippen LogP) is 2.25. The molecule has 0 radical (unpaired) electrons. The fourth-order valence-corrected chi connectivity index (χ4v) is 2.30. The summed E-state index contributed by atoms with van der Waals surface area (Å²) in [4.78, 5) is 13.6. The van der Waals surface area contributed by atoms with Gasteiger partial charge in [0.25, 0.3) is 0 Å². The Labute approximate surface area is 119 Å². The number of urea groups is 1. The van der Waals surface area contributed by atoms with Crippen molar-refractivity contribution in [2.45, 2.75) is 25.4 Å². The Morgan fingerprint density at radius 3 is 2.89 bits per heavy atom. The lowest BCUT2D eigenvalue weighted by Crippen LogP contribution is -2.42. The van der Waals surface area contributed by atoms with Crippen LogP contribution in [-0.2, 0) is 6.54 Å². The first-order chi connectivity index (χ1) is 9.11. The molecule has 1 saturated carbocycles. The number of carbonyl (C=O) groups is 1. The number of amides is 2. The summed E-state index contributed by atoms with van der Waals surface area (Å²) in [5.74, 6) is -0.344. The van der Waals surface area contributed by atoms with Crippen molar-refractivity contribution in [3.63, 3.8) is 0 Å². The average molecular weight is 331 g/mol. The third-order valence-corrected chi connectivity index (χ3v) is 3.52. The van der Waals surface area contributed by atoms with E-state index in [9.17, 15) is 9.18 Å². The van der Waals surface area contributed by atoms with Crippen LogP contribution in [0.5, 0.6) is 0 Å². The number of hydrogen-bond acceptors (Lipinski definition) is 2. The van der Waals surface area contributed by atoms with E-state index in [0.29, 0.717) is 12.1 Å². The minimum absolute atomic E-state index is 0.0604. The molecule has 0 bridgehead atoms. The third-order valence-electron chi connectivity index (χ3n) is 3.03. The van der Waals surface area contributed by atoms with Crippen LogP contribution in [0.3, 0.4) is 0 Å². The summed E-state index contributed by atoms with van der Waals surface area (Å²) in [7, 11) is 0. The highest BCUT2D eigenvalue weighted by Crippen LogP contribution is 2.26. The van der Waals surface area contributed by atoms with Gasteiger partial charge in [0.15, 0.2) is 0 Å². The zero-order valence-electron chi connectivity index (χ0n) is 10.4. The van der Waals surface area contributed by atoms with Gasteiger partial charge in [-0.05, 0) is 31.0 Å². The van der Waals surface area contributed by atoms with Crippen molar-refractivity contribution in [2.75, 3.05) is 13.2 Å². The lowest BCUT2D eigenvalue weighted by molar-refractivity contribution is 0.173. The molecule has 0 aromatic heterocycles. The minimum Gasteiger partial charge on any atom is -0.395 e. The maximum atomic E-state index is 13.5. The quantitative estimate of drug-likeness (QED) is 0.870. The number of rotatable bonds is 5. The van der Waals surface area contributed by atoms with Crippen LogP contribution in [0.4, 0.5) is 9.18 Å². The molecule has 4 nitrogen and oxygen atoms in total. The van der Waals surface area contributed by atoms with Gasteiger partial charge in [0.1, 0.15) is 5.82 Å². The Kier molecular flexibility index (Phi) is 4.76. The normalized spacial score (nSPS) is 14.3. The van der Waals surface area contributed by atoms with Gasteiger partial charge in [-0.25, -0.2) is 9.18 Å². The SMILES string of the molecule is O=C(NCc1cc(Br)ccc1F)N(CCO)C1CC1. The first kappa shape index (κ1) is 14.3. The van der Waals surface area contributed by atoms with E-state index in [1.807, 2.05) is 0 Å². The second kappa shape index (κ2) is 6.34. The topological polar surface area (TPSA) is 52.6 Å². The number of aliphatic hydroxyl groups is 1. The van der Waals surface area contributed by atoms with Gasteiger partial charge in [0.2, 0.25) is 0 Å². The van der Waals surface area contributed by atoms with Gasteiger partial charge in [0, 0.05) is 29.2 Å². The summed E-state index contributed by atoms with van der Waals surface area (Å²) in [5.41, 5.74) is 0.433. The maximum absolute atomic E-state index is 13.5. The monoisotopic (exact) mass is 330 g/mol. The number of nitrogens with one attached hydrogen (secondary N) is 1. The highest BCUT2D eigenvalue weighted by atomic mass is 79.9. The van der Waals surface area contributed by atoms with Gasteiger partial charge in [-0.3, -0.25) is 0 Å². The minimum atomic E-state index is -0.344. The Balaban J connectivity index is 1.93. The summed E-state index contributed by atoms with van der Waals surface area (Å²) >= 11 is 3.27. The predicted molar refractivity (Wildman–Crippen MR) is 73.1 cm³/mol. The molecule has 0 saturated heterocycles. The van der Waals surface area contributed by atoms with Crippen molar-refractivity contribution >= 4 is 22.0 Å². The number of aliphatic hydroxyl groups excluding tert-OH is 1. The van der Waals surface area contributed by atoms with Gasteiger partial charge in [0.05, 0.1) is 6.61 Å². The molecule has 19 heavy (non-hydrogen) atoms. The van der Waals surface area contributed by atoms with Gasteiger partial charge in [-0.2, -0.15) is 0 Å². The van der Waals surface area contributed by atoms with E-state index in [4.69, 9.17) is 5.11 Å². The molecule has 6 heteroatoms. The molecule has 0 unspecified atom stereocenters. The number of nitrogens with zero attached hydrogens (tertiary/aromatic N) is 1. The highest BCUT2D eigenvalue weighted by Gasteiger charge is 2.31. The van der Waals surface area contributed by atoms with Crippen LogP contribution >= 0.6 is 15.9 Å². The molecule has 2 rings (SSSR count). The highest BCUT2D eigenvalue weighted by molar-refractivity contribution is 9.10. The van der Waals surface area contributed by atoms with Gasteiger partial charge >= 0.3 is 6.03 Å². The van der Waals surface area contributed by atoms with Crippen molar-refractivity contribution in [2.24, 2.45) is 0 Å². The molecule has 1 fully saturated rings. The van der Waals surface area contributed by atoms with Crippen molar-refractivity contribution < 1.29 is 14.3 Å². The van der Waals surface area contributed by atoms with Crippen LogP contribution < -0.4 is 5.32 Å². The molecule has 104 valence electrons. The van der Waals surface area contributed by atoms with Crippen molar-refractivity contribution in [3.8, 4) is 0 Å². The summed E-state index contributed by atoms with van der Waals surface area (Å²) < 4.78 is 14.3. The van der Waals surface area contributed by atoms with Crippen molar-refractivity contribution in [3.05, 3.63) is 34.1 Å². The smallest absolute Gasteiger partial charge is 0.317 e. The fraction of sp³-hybridized carbons (Fsp3) is 0.462. The molecule has 0 atom stereocenters. The molecule has 2 amide bonds. The molecule has 1 aromatic rings. The largest absolute Gasteiger partial charge is 0.395 e. The Hall–Kier alpha value is -1.14. The maximum Gasteiger partial charge on any atom is 0.317 e. The molecule has 1 aromatic carbocycles. The van der Waals surface area contributed by atoms with Crippen molar-refractivity contribution in [1.29, 1.82) is 0 Å². The summed E-state index contributed by atoms with van der Waals surface area (Å²) in [5, 5.41) is 11.6. The lowest BCUT2D eigenvalue weighted by atomic mass is 10.2. The summed E-state index contributed by atoms with van der Waals surface area (Å²) in [6.07, 6.45) is 1.94. The third kappa shape index (κ3) is 3.91. The second-order valence-corrected chi connectivity index (χ2v) is 5.46. The van der Waals surface area contributed by atoms with E-state index in [1.165, 1.54) is 6.07 Å². The Morgan fingerprint density at radius 2 is 2.26 bits per heavy atom. The molecule has 0 spiro atoms. The Bertz CT molecular complexity index is 466. The van der Waals surface area contributed by atoms with Crippen LogP contribution in [0.2, 0.25) is 0 Å². The Morgan fingerprint density at radius 1 is 1.53 bits per heavy atom. The molecule has 0 heterocycles. The van der Waals surface area contributed by atoms with E-state index in [1.54, 1.807) is 17.0 Å². The van der Waals surface area contributed by atoms with E-state index in [2.05, 4.69) is 21.2 Å². The summed E-state index contributed by atoms with van der Waals surface area (Å²) in [6, 6.07) is 4.58. The molecule has 1 aliphatic rings. The number of carbonyl (C=O) groups excluding carboxylic acids is 1. The summed E-state index contributed by atoms with van der Waals surface area (Å²) in [6.45, 7) is 0.394. The number of benzene rings is 1. The van der Waals surface area contributed by atoms with E-state index in [0.717, 1.165) is 17.3 Å².